The Morgan fingerprint density at radius 1 is 0.467 bits per heavy atom. The molecule has 0 spiro atoms. The molecular weight excluding hydrogens is 552 g/mol. The first-order valence-electron chi connectivity index (χ1n) is 16.5. The maximum absolute atomic E-state index is 7.41. The summed E-state index contributed by atoms with van der Waals surface area (Å²) in [5.41, 5.74) is 12.0. The van der Waals surface area contributed by atoms with Crippen LogP contribution in [0, 0.1) is 13.8 Å². The molecule has 4 aromatic carbocycles. The molecule has 0 saturated heterocycles. The molecule has 0 aliphatic rings. The van der Waals surface area contributed by atoms with Crippen molar-refractivity contribution in [1.82, 2.24) is 0 Å². The number of ether oxygens (including phenoxy) is 1. The lowest BCUT2D eigenvalue weighted by molar-refractivity contribution is 0.0302. The van der Waals surface area contributed by atoms with Gasteiger partial charge in [0.1, 0.15) is 12.2 Å². The monoisotopic (exact) mass is 606 g/mol. The molecule has 0 heterocycles. The highest BCUT2D eigenvalue weighted by atomic mass is 16.5. The molecule has 4 rings (SSSR count). The summed E-state index contributed by atoms with van der Waals surface area (Å²) in [5, 5.41) is 0. The summed E-state index contributed by atoms with van der Waals surface area (Å²) < 4.78 is 7.41. The second kappa shape index (κ2) is 15.4. The molecule has 2 unspecified atom stereocenters. The molecule has 2 atom stereocenters. The molecule has 0 fully saturated rings. The van der Waals surface area contributed by atoms with E-state index in [2.05, 4.69) is 174 Å². The average Bonchev–Trinajstić information content (AvgIpc) is 3.04. The summed E-state index contributed by atoms with van der Waals surface area (Å²) in [7, 11) is 8.32. The molecule has 0 bridgehead atoms. The quantitative estimate of drug-likeness (QED) is 0.142. The maximum atomic E-state index is 7.41. The Morgan fingerprint density at radius 2 is 0.778 bits per heavy atom. The van der Waals surface area contributed by atoms with Gasteiger partial charge in [0.2, 0.25) is 0 Å². The van der Waals surface area contributed by atoms with Crippen LogP contribution < -0.4 is 19.6 Å². The highest BCUT2D eigenvalue weighted by Crippen LogP contribution is 2.40. The summed E-state index contributed by atoms with van der Waals surface area (Å²) in [5.74, 6) is 0. The fourth-order valence-electron chi connectivity index (χ4n) is 6.17. The number of anilines is 4. The Kier molecular flexibility index (Phi) is 11.6. The van der Waals surface area contributed by atoms with E-state index in [1.54, 1.807) is 0 Å². The SMILES string of the molecule is CCN(CC)c1ccc(C(OC(c2ccc(N(C)C)cc2)c2ccc(N(CC)CC)cc2C)c2ccc(N(C)C)cc2)c(C)c1. The zero-order chi connectivity index (χ0) is 32.7. The minimum Gasteiger partial charge on any atom is -0.378 e. The highest BCUT2D eigenvalue weighted by molar-refractivity contribution is 5.55. The highest BCUT2D eigenvalue weighted by Gasteiger charge is 2.26. The summed E-state index contributed by atoms with van der Waals surface area (Å²) in [6, 6.07) is 31.3. The second-order valence-electron chi connectivity index (χ2n) is 12.3. The van der Waals surface area contributed by atoms with Crippen LogP contribution >= 0.6 is 0 Å². The van der Waals surface area contributed by atoms with Crippen molar-refractivity contribution in [3.8, 4) is 0 Å². The Balaban J connectivity index is 1.87. The zero-order valence-corrected chi connectivity index (χ0v) is 29.3. The fraction of sp³-hybridized carbons (Fsp3) is 0.400. The maximum Gasteiger partial charge on any atom is 0.109 e. The van der Waals surface area contributed by atoms with Gasteiger partial charge in [-0.2, -0.15) is 0 Å². The molecule has 240 valence electrons. The van der Waals surface area contributed by atoms with Crippen LogP contribution in [0.4, 0.5) is 22.7 Å². The topological polar surface area (TPSA) is 22.2 Å². The van der Waals surface area contributed by atoms with Gasteiger partial charge < -0.3 is 24.3 Å². The van der Waals surface area contributed by atoms with Crippen molar-refractivity contribution in [3.05, 3.63) is 118 Å². The molecule has 5 heteroatoms. The van der Waals surface area contributed by atoms with E-state index in [0.717, 1.165) is 37.3 Å². The molecular formula is C40H54N4O. The summed E-state index contributed by atoms with van der Waals surface area (Å²) >= 11 is 0. The first kappa shape index (κ1) is 33.9. The lowest BCUT2D eigenvalue weighted by Gasteiger charge is -2.30. The summed E-state index contributed by atoms with van der Waals surface area (Å²) in [4.78, 5) is 9.07. The van der Waals surface area contributed by atoms with Crippen LogP contribution in [0.3, 0.4) is 0 Å². The lowest BCUT2D eigenvalue weighted by Crippen LogP contribution is -2.22. The van der Waals surface area contributed by atoms with Gasteiger partial charge >= 0.3 is 0 Å². The molecule has 0 aliphatic carbocycles. The van der Waals surface area contributed by atoms with Gasteiger partial charge in [-0.05, 0) is 123 Å². The predicted molar refractivity (Wildman–Crippen MR) is 196 cm³/mol. The Labute approximate surface area is 273 Å². The van der Waals surface area contributed by atoms with Crippen molar-refractivity contribution in [1.29, 1.82) is 0 Å². The van der Waals surface area contributed by atoms with E-state index in [-0.39, 0.29) is 12.2 Å². The molecule has 0 radical (unpaired) electrons. The van der Waals surface area contributed by atoms with Gasteiger partial charge in [-0.3, -0.25) is 0 Å². The first-order chi connectivity index (χ1) is 21.6. The molecule has 0 N–H and O–H groups in total. The lowest BCUT2D eigenvalue weighted by atomic mass is 9.93. The third kappa shape index (κ3) is 7.83. The summed E-state index contributed by atoms with van der Waals surface area (Å²) in [6.45, 7) is 17.2. The number of nitrogens with zero attached hydrogens (tertiary/aromatic N) is 4. The van der Waals surface area contributed by atoms with Crippen molar-refractivity contribution < 1.29 is 4.74 Å². The van der Waals surface area contributed by atoms with Crippen LogP contribution in [-0.4, -0.2) is 54.4 Å². The first-order valence-corrected chi connectivity index (χ1v) is 16.5. The van der Waals surface area contributed by atoms with Crippen LogP contribution in [0.15, 0.2) is 84.9 Å². The van der Waals surface area contributed by atoms with Crippen molar-refractivity contribution in [2.75, 3.05) is 74.0 Å². The second-order valence-corrected chi connectivity index (χ2v) is 12.3. The largest absolute Gasteiger partial charge is 0.378 e. The van der Waals surface area contributed by atoms with Gasteiger partial charge in [-0.25, -0.2) is 0 Å². The number of aryl methyl sites for hydroxylation is 2. The van der Waals surface area contributed by atoms with Gasteiger partial charge in [0, 0.05) is 77.1 Å². The Hall–Kier alpha value is -3.96. The van der Waals surface area contributed by atoms with Gasteiger partial charge in [0.15, 0.2) is 0 Å². The van der Waals surface area contributed by atoms with Gasteiger partial charge in [-0.15, -0.1) is 0 Å². The van der Waals surface area contributed by atoms with Gasteiger partial charge in [0.25, 0.3) is 0 Å². The van der Waals surface area contributed by atoms with E-state index in [0.29, 0.717) is 0 Å². The smallest absolute Gasteiger partial charge is 0.109 e. The average molecular weight is 607 g/mol. The van der Waals surface area contributed by atoms with E-state index in [1.807, 2.05) is 0 Å². The number of benzene rings is 4. The van der Waals surface area contributed by atoms with Crippen molar-refractivity contribution >= 4 is 22.7 Å². The van der Waals surface area contributed by atoms with Crippen molar-refractivity contribution in [2.24, 2.45) is 0 Å². The van der Waals surface area contributed by atoms with E-state index in [1.165, 1.54) is 45.0 Å². The van der Waals surface area contributed by atoms with E-state index < -0.39 is 0 Å². The third-order valence-corrected chi connectivity index (χ3v) is 9.03. The molecule has 0 aromatic heterocycles. The van der Waals surface area contributed by atoms with E-state index in [4.69, 9.17) is 4.74 Å². The zero-order valence-electron chi connectivity index (χ0n) is 29.3. The Bertz CT molecular complexity index is 1390. The molecule has 0 amide bonds. The molecule has 5 nitrogen and oxygen atoms in total. The minimum absolute atomic E-state index is 0.257. The molecule has 4 aromatic rings. The number of rotatable bonds is 14. The van der Waals surface area contributed by atoms with Crippen LogP contribution in [0.1, 0.15) is 73.3 Å². The summed E-state index contributed by atoms with van der Waals surface area (Å²) in [6.07, 6.45) is -0.514. The van der Waals surface area contributed by atoms with Gasteiger partial charge in [-0.1, -0.05) is 36.4 Å². The van der Waals surface area contributed by atoms with E-state index in [9.17, 15) is 0 Å². The normalized spacial score (nSPS) is 12.5. The van der Waals surface area contributed by atoms with Crippen LogP contribution in [0.5, 0.6) is 0 Å². The standard InChI is InChI=1S/C40H54N4O/c1-11-43(12-2)35-23-25-37(29(5)27-35)39(31-15-19-33(20-16-31)41(7)8)45-40(32-17-21-34(22-18-32)42(9)10)38-26-24-36(28-30(38)6)44(13-3)14-4/h15-28,39-40H,11-14H2,1-10H3. The van der Waals surface area contributed by atoms with Crippen molar-refractivity contribution in [2.45, 2.75) is 53.8 Å². The number of hydrogen-bond acceptors (Lipinski definition) is 5. The number of hydrogen-bond donors (Lipinski definition) is 0. The van der Waals surface area contributed by atoms with Crippen LogP contribution in [0.2, 0.25) is 0 Å². The van der Waals surface area contributed by atoms with E-state index >= 15 is 0 Å². The minimum atomic E-state index is -0.257. The molecule has 0 saturated carbocycles. The third-order valence-electron chi connectivity index (χ3n) is 9.03. The van der Waals surface area contributed by atoms with Crippen molar-refractivity contribution in [3.63, 3.8) is 0 Å². The van der Waals surface area contributed by atoms with Gasteiger partial charge in [0.05, 0.1) is 0 Å². The fourth-order valence-corrected chi connectivity index (χ4v) is 6.17. The molecule has 0 aliphatic heterocycles. The van der Waals surface area contributed by atoms with Crippen LogP contribution in [-0.2, 0) is 4.74 Å². The molecule has 45 heavy (non-hydrogen) atoms. The predicted octanol–water partition coefficient (Wildman–Crippen LogP) is 9.02. The van der Waals surface area contributed by atoms with Crippen LogP contribution in [0.25, 0.3) is 0 Å². The Morgan fingerprint density at radius 3 is 1.04 bits per heavy atom.